The summed E-state index contributed by atoms with van der Waals surface area (Å²) >= 11 is 2.32. The van der Waals surface area contributed by atoms with Crippen LogP contribution in [0.5, 0.6) is 0 Å². The van der Waals surface area contributed by atoms with Crippen LogP contribution in [-0.4, -0.2) is 96.5 Å². The number of aliphatic carboxylic acids is 1. The van der Waals surface area contributed by atoms with Gasteiger partial charge in [0.2, 0.25) is 11.1 Å². The van der Waals surface area contributed by atoms with Gasteiger partial charge in [-0.15, -0.1) is 16.9 Å². The van der Waals surface area contributed by atoms with Gasteiger partial charge < -0.3 is 21.5 Å². The van der Waals surface area contributed by atoms with E-state index in [2.05, 4.69) is 26.2 Å². The number of rotatable bonds is 11. The van der Waals surface area contributed by atoms with Crippen LogP contribution in [0.3, 0.4) is 0 Å². The molecule has 1 fully saturated rings. The molecule has 1 aromatic carbocycles. The molecule has 4 amide bonds. The Kier molecular flexibility index (Phi) is 8.42. The van der Waals surface area contributed by atoms with Crippen LogP contribution in [0.25, 0.3) is 0 Å². The molecule has 1 saturated heterocycles. The Bertz CT molecular complexity index is 1430. The summed E-state index contributed by atoms with van der Waals surface area (Å²) in [4.78, 5) is 49.8. The van der Waals surface area contributed by atoms with Gasteiger partial charge in [-0.3, -0.25) is 19.0 Å². The van der Waals surface area contributed by atoms with Crippen LogP contribution in [0.2, 0.25) is 0 Å². The third-order valence-corrected chi connectivity index (χ3v) is 9.15. The SMILES string of the molecule is NC(=O)NCCn1nnnc1SCC1=C(C(=O)O)N2C(=O)C(NC(=O)C(c3ccccc3)S(=O)(=O)O)[C@H]2SC1. The molecule has 0 bridgehead atoms. The number of amides is 4. The second-order valence-electron chi connectivity index (χ2n) is 8.22. The lowest BCUT2D eigenvalue weighted by Gasteiger charge is -2.49. The summed E-state index contributed by atoms with van der Waals surface area (Å²) in [6.45, 7) is 0.395. The monoisotopic (exact) mass is 598 g/mol. The van der Waals surface area contributed by atoms with E-state index < -0.39 is 50.6 Å². The van der Waals surface area contributed by atoms with Gasteiger partial charge in [0.05, 0.1) is 6.54 Å². The van der Waals surface area contributed by atoms with E-state index in [-0.39, 0.29) is 35.9 Å². The zero-order chi connectivity index (χ0) is 28.3. The number of thioether (sulfide) groups is 2. The molecule has 6 N–H and O–H groups in total. The number of carboxylic acid groups (broad SMARTS) is 1. The number of urea groups is 1. The second kappa shape index (κ2) is 11.6. The second-order valence-corrected chi connectivity index (χ2v) is 11.8. The fourth-order valence-corrected chi connectivity index (χ4v) is 7.21. The molecule has 208 valence electrons. The van der Waals surface area contributed by atoms with Crippen LogP contribution in [0.4, 0.5) is 4.79 Å². The highest BCUT2D eigenvalue weighted by molar-refractivity contribution is 8.01. The minimum Gasteiger partial charge on any atom is -0.477 e. The van der Waals surface area contributed by atoms with Gasteiger partial charge in [-0.05, 0) is 21.6 Å². The molecule has 2 unspecified atom stereocenters. The third kappa shape index (κ3) is 6.15. The van der Waals surface area contributed by atoms with Crippen molar-refractivity contribution in [2.75, 3.05) is 18.1 Å². The molecule has 0 aliphatic carbocycles. The Balaban J connectivity index is 1.46. The maximum absolute atomic E-state index is 13.0. The van der Waals surface area contributed by atoms with Crippen molar-refractivity contribution in [2.45, 2.75) is 28.4 Å². The molecule has 0 saturated carbocycles. The molecular weight excluding hydrogens is 576 g/mol. The van der Waals surface area contributed by atoms with Crippen molar-refractivity contribution in [3.63, 3.8) is 0 Å². The predicted molar refractivity (Wildman–Crippen MR) is 137 cm³/mol. The van der Waals surface area contributed by atoms with E-state index in [1.54, 1.807) is 6.07 Å². The predicted octanol–water partition coefficient (Wildman–Crippen LogP) is -1.20. The lowest BCUT2D eigenvalue weighted by molar-refractivity contribution is -0.150. The first kappa shape index (κ1) is 28.3. The van der Waals surface area contributed by atoms with Gasteiger partial charge in [0.1, 0.15) is 17.1 Å². The maximum atomic E-state index is 13.0. The van der Waals surface area contributed by atoms with Crippen molar-refractivity contribution in [3.05, 3.63) is 47.2 Å². The molecule has 1 aromatic heterocycles. The van der Waals surface area contributed by atoms with Crippen molar-refractivity contribution >= 4 is 57.5 Å². The number of fused-ring (bicyclic) bond motifs is 1. The van der Waals surface area contributed by atoms with E-state index in [1.165, 1.54) is 40.7 Å². The molecule has 2 aliphatic rings. The Morgan fingerprint density at radius 2 is 1.97 bits per heavy atom. The smallest absolute Gasteiger partial charge is 0.352 e. The fourth-order valence-electron chi connectivity index (χ4n) is 3.99. The number of carbonyl (C=O) groups excluding carboxylic acids is 3. The number of hydrogen-bond donors (Lipinski definition) is 5. The highest BCUT2D eigenvalue weighted by atomic mass is 32.2. The average Bonchev–Trinajstić information content (AvgIpc) is 3.32. The largest absolute Gasteiger partial charge is 0.477 e. The Labute approximate surface area is 229 Å². The Morgan fingerprint density at radius 3 is 2.62 bits per heavy atom. The molecule has 0 radical (unpaired) electrons. The topological polar surface area (TPSA) is 240 Å². The summed E-state index contributed by atoms with van der Waals surface area (Å²) in [5, 5.41) is 23.5. The van der Waals surface area contributed by atoms with Gasteiger partial charge in [0, 0.05) is 18.1 Å². The van der Waals surface area contributed by atoms with E-state index in [9.17, 15) is 37.3 Å². The van der Waals surface area contributed by atoms with Crippen molar-refractivity contribution in [1.29, 1.82) is 0 Å². The van der Waals surface area contributed by atoms with E-state index in [0.29, 0.717) is 10.7 Å². The molecule has 0 spiro atoms. The summed E-state index contributed by atoms with van der Waals surface area (Å²) in [5.74, 6) is -2.86. The minimum atomic E-state index is -4.86. The van der Waals surface area contributed by atoms with Crippen LogP contribution in [0.15, 0.2) is 46.8 Å². The lowest BCUT2D eigenvalue weighted by atomic mass is 10.0. The number of hydrogen-bond acceptors (Lipinski definition) is 11. The molecule has 3 atom stereocenters. The maximum Gasteiger partial charge on any atom is 0.352 e. The molecule has 4 rings (SSSR count). The normalized spacial score (nSPS) is 19.6. The molecule has 2 aromatic rings. The highest BCUT2D eigenvalue weighted by Gasteiger charge is 2.55. The third-order valence-electron chi connectivity index (χ3n) is 5.68. The summed E-state index contributed by atoms with van der Waals surface area (Å²) < 4.78 is 35.0. The average molecular weight is 599 g/mol. The van der Waals surface area contributed by atoms with Gasteiger partial charge in [-0.2, -0.15) is 8.42 Å². The van der Waals surface area contributed by atoms with E-state index in [0.717, 1.165) is 16.7 Å². The number of tetrazole rings is 1. The van der Waals surface area contributed by atoms with Crippen LogP contribution >= 0.6 is 23.5 Å². The molecule has 39 heavy (non-hydrogen) atoms. The van der Waals surface area contributed by atoms with Gasteiger partial charge >= 0.3 is 12.0 Å². The van der Waals surface area contributed by atoms with Crippen molar-refractivity contribution in [3.8, 4) is 0 Å². The molecule has 2 aliphatic heterocycles. The number of carboxylic acids is 1. The number of nitrogens with one attached hydrogen (secondary N) is 2. The van der Waals surface area contributed by atoms with E-state index in [4.69, 9.17) is 5.73 Å². The van der Waals surface area contributed by atoms with Crippen LogP contribution < -0.4 is 16.4 Å². The van der Waals surface area contributed by atoms with Gasteiger partial charge in [-0.25, -0.2) is 14.3 Å². The van der Waals surface area contributed by atoms with Crippen LogP contribution in [0.1, 0.15) is 10.8 Å². The number of nitrogens with zero attached hydrogens (tertiary/aromatic N) is 5. The number of β-lactam (4-membered cyclic amide) rings is 1. The molecule has 19 heteroatoms. The van der Waals surface area contributed by atoms with Crippen molar-refractivity contribution in [1.82, 2.24) is 35.7 Å². The first-order valence-corrected chi connectivity index (χ1v) is 14.7. The van der Waals surface area contributed by atoms with Gasteiger partial charge in [0.15, 0.2) is 5.25 Å². The number of benzene rings is 1. The summed E-state index contributed by atoms with van der Waals surface area (Å²) in [5.41, 5.74) is 5.21. The number of nitrogens with two attached hydrogens (primary N) is 1. The van der Waals surface area contributed by atoms with Gasteiger partial charge in [-0.1, -0.05) is 42.1 Å². The summed E-state index contributed by atoms with van der Waals surface area (Å²) in [6.07, 6.45) is 0. The number of carbonyl (C=O) groups is 4. The van der Waals surface area contributed by atoms with Crippen LogP contribution in [-0.2, 0) is 31.0 Å². The minimum absolute atomic E-state index is 0.00982. The quantitative estimate of drug-likeness (QED) is 0.116. The van der Waals surface area contributed by atoms with E-state index in [1.807, 2.05) is 0 Å². The first-order chi connectivity index (χ1) is 18.5. The van der Waals surface area contributed by atoms with Crippen molar-refractivity contribution in [2.24, 2.45) is 5.73 Å². The lowest BCUT2D eigenvalue weighted by Crippen LogP contribution is -2.71. The zero-order valence-electron chi connectivity index (χ0n) is 19.8. The molecular formula is C20H22N8O8S3. The molecule has 16 nitrogen and oxygen atoms in total. The summed E-state index contributed by atoms with van der Waals surface area (Å²) in [6, 6.07) is 5.39. The first-order valence-electron chi connectivity index (χ1n) is 11.1. The number of primary amides is 1. The Hall–Kier alpha value is -3.68. The fraction of sp³-hybridized carbons (Fsp3) is 0.350. The standard InChI is InChI=1S/C20H22N8O8S3/c21-19(33)22-6-7-27-20(24-25-26-27)38-9-11-8-37-17-12(16(30)28(17)13(11)18(31)32)23-15(29)14(39(34,35)36)10-4-2-1-3-5-10/h1-5,12,14,17H,6-9H2,(H,23,29)(H,31,32)(H3,21,22,33)(H,34,35,36)/t12?,14?,17-/m1/s1. The zero-order valence-corrected chi connectivity index (χ0v) is 22.3. The van der Waals surface area contributed by atoms with E-state index >= 15 is 0 Å². The highest BCUT2D eigenvalue weighted by Crippen LogP contribution is 2.41. The number of aromatic nitrogens is 4. The Morgan fingerprint density at radius 1 is 1.26 bits per heavy atom. The van der Waals surface area contributed by atoms with Crippen molar-refractivity contribution < 1.29 is 37.3 Å². The van der Waals surface area contributed by atoms with Gasteiger partial charge in [0.25, 0.3) is 16.0 Å². The molecule has 3 heterocycles. The summed E-state index contributed by atoms with van der Waals surface area (Å²) in [7, 11) is -4.86. The van der Waals surface area contributed by atoms with Crippen LogP contribution in [0, 0.1) is 0 Å².